The molecule has 1 atom stereocenters. The molecule has 1 saturated heterocycles. The summed E-state index contributed by atoms with van der Waals surface area (Å²) in [4.78, 5) is 0. The minimum atomic E-state index is -0.302. The number of halogens is 2. The van der Waals surface area contributed by atoms with Gasteiger partial charge in [0.1, 0.15) is 5.82 Å². The van der Waals surface area contributed by atoms with Crippen LogP contribution in [0.4, 0.5) is 4.39 Å². The molecule has 1 aromatic rings. The van der Waals surface area contributed by atoms with Crippen molar-refractivity contribution in [3.8, 4) is 0 Å². The minimum Gasteiger partial charge on any atom is -0.310 e. The Hall–Kier alpha value is -0.600. The van der Waals surface area contributed by atoms with Crippen LogP contribution in [0.2, 0.25) is 5.02 Å². The lowest BCUT2D eigenvalue weighted by Crippen LogP contribution is -2.15. The summed E-state index contributed by atoms with van der Waals surface area (Å²) < 4.78 is 13.5. The molecular weight excluding hydrogens is 213 g/mol. The molecule has 0 spiro atoms. The maximum absolute atomic E-state index is 13.5. The third kappa shape index (κ3) is 1.88. The van der Waals surface area contributed by atoms with Crippen LogP contribution in [0.1, 0.15) is 35.6 Å². The molecule has 1 N–H and O–H groups in total. The Morgan fingerprint density at radius 2 is 2.20 bits per heavy atom. The Bertz CT molecular complexity index is 357. The molecule has 0 saturated carbocycles. The first kappa shape index (κ1) is 10.9. The quantitative estimate of drug-likeness (QED) is 0.774. The van der Waals surface area contributed by atoms with Crippen LogP contribution in [0.3, 0.4) is 0 Å². The average Bonchev–Trinajstić information content (AvgIpc) is 2.69. The number of rotatable bonds is 1. The van der Waals surface area contributed by atoms with E-state index in [1.165, 1.54) is 6.07 Å². The monoisotopic (exact) mass is 227 g/mol. The summed E-state index contributed by atoms with van der Waals surface area (Å²) in [5.41, 5.74) is 3.04. The van der Waals surface area contributed by atoms with E-state index in [2.05, 4.69) is 5.32 Å². The maximum atomic E-state index is 13.5. The molecule has 2 rings (SSSR count). The van der Waals surface area contributed by atoms with E-state index in [0.29, 0.717) is 0 Å². The minimum absolute atomic E-state index is 0.229. The third-order valence-electron chi connectivity index (χ3n) is 3.19. The molecular formula is C12H15ClFN. The molecule has 1 aliphatic rings. The van der Waals surface area contributed by atoms with E-state index in [4.69, 9.17) is 11.6 Å². The number of aryl methyl sites for hydroxylation is 1. The summed E-state index contributed by atoms with van der Waals surface area (Å²) in [6, 6.07) is 1.74. The zero-order valence-electron chi connectivity index (χ0n) is 9.03. The predicted molar refractivity (Wildman–Crippen MR) is 60.9 cm³/mol. The number of nitrogens with one attached hydrogen (secondary N) is 1. The van der Waals surface area contributed by atoms with Gasteiger partial charge in [-0.2, -0.15) is 0 Å². The Labute approximate surface area is 94.6 Å². The fourth-order valence-corrected chi connectivity index (χ4v) is 2.54. The zero-order valence-corrected chi connectivity index (χ0v) is 9.79. The lowest BCUT2D eigenvalue weighted by molar-refractivity contribution is 0.603. The molecule has 0 radical (unpaired) electrons. The van der Waals surface area contributed by atoms with Crippen molar-refractivity contribution in [3.63, 3.8) is 0 Å². The summed E-state index contributed by atoms with van der Waals surface area (Å²) in [6.45, 7) is 4.93. The molecule has 0 bridgehead atoms. The highest BCUT2D eigenvalue weighted by Crippen LogP contribution is 2.34. The Morgan fingerprint density at radius 3 is 2.80 bits per heavy atom. The molecule has 1 nitrogen and oxygen atoms in total. The molecule has 1 heterocycles. The first-order valence-corrected chi connectivity index (χ1v) is 5.67. The molecule has 3 heteroatoms. The lowest BCUT2D eigenvalue weighted by atomic mass is 9.96. The molecule has 82 valence electrons. The van der Waals surface area contributed by atoms with Crippen molar-refractivity contribution in [1.29, 1.82) is 0 Å². The summed E-state index contributed by atoms with van der Waals surface area (Å²) in [7, 11) is 0. The van der Waals surface area contributed by atoms with Crippen molar-refractivity contribution >= 4 is 11.6 Å². The van der Waals surface area contributed by atoms with Gasteiger partial charge in [-0.1, -0.05) is 11.6 Å². The van der Waals surface area contributed by atoms with Crippen LogP contribution in [0.15, 0.2) is 6.07 Å². The smallest absolute Gasteiger partial charge is 0.142 e. The highest BCUT2D eigenvalue weighted by Gasteiger charge is 2.23. The largest absolute Gasteiger partial charge is 0.310 e. The van der Waals surface area contributed by atoms with Crippen molar-refractivity contribution in [2.75, 3.05) is 6.54 Å². The van der Waals surface area contributed by atoms with Gasteiger partial charge in [0, 0.05) is 6.04 Å². The standard InChI is InChI=1S/C12H15ClFN/c1-7-6-9(14)12(13)11(8(7)2)10-4-3-5-15-10/h6,10,15H,3-5H2,1-2H3. The second-order valence-corrected chi connectivity index (χ2v) is 4.55. The number of benzene rings is 1. The van der Waals surface area contributed by atoms with Gasteiger partial charge in [-0.05, 0) is 56.0 Å². The van der Waals surface area contributed by atoms with Crippen molar-refractivity contribution in [2.45, 2.75) is 32.7 Å². The van der Waals surface area contributed by atoms with Crippen molar-refractivity contribution in [3.05, 3.63) is 33.6 Å². The fourth-order valence-electron chi connectivity index (χ4n) is 2.21. The second-order valence-electron chi connectivity index (χ2n) is 4.18. The number of hydrogen-bond acceptors (Lipinski definition) is 1. The van der Waals surface area contributed by atoms with E-state index in [9.17, 15) is 4.39 Å². The van der Waals surface area contributed by atoms with Crippen LogP contribution in [0.25, 0.3) is 0 Å². The second kappa shape index (κ2) is 4.11. The first-order chi connectivity index (χ1) is 7.11. The van der Waals surface area contributed by atoms with Gasteiger partial charge in [0.05, 0.1) is 5.02 Å². The van der Waals surface area contributed by atoms with Crippen molar-refractivity contribution in [2.24, 2.45) is 0 Å². The van der Waals surface area contributed by atoms with Crippen LogP contribution in [0.5, 0.6) is 0 Å². The van der Waals surface area contributed by atoms with Crippen molar-refractivity contribution in [1.82, 2.24) is 5.32 Å². The highest BCUT2D eigenvalue weighted by molar-refractivity contribution is 6.31. The van der Waals surface area contributed by atoms with E-state index in [1.807, 2.05) is 13.8 Å². The van der Waals surface area contributed by atoms with Gasteiger partial charge >= 0.3 is 0 Å². The first-order valence-electron chi connectivity index (χ1n) is 5.29. The van der Waals surface area contributed by atoms with Gasteiger partial charge in [-0.15, -0.1) is 0 Å². The fraction of sp³-hybridized carbons (Fsp3) is 0.500. The Kier molecular flexibility index (Phi) is 2.98. The topological polar surface area (TPSA) is 12.0 Å². The normalized spacial score (nSPS) is 20.9. The molecule has 0 aromatic heterocycles. The van der Waals surface area contributed by atoms with Crippen molar-refractivity contribution < 1.29 is 4.39 Å². The summed E-state index contributed by atoms with van der Waals surface area (Å²) in [6.07, 6.45) is 2.18. The highest BCUT2D eigenvalue weighted by atomic mass is 35.5. The van der Waals surface area contributed by atoms with E-state index in [1.54, 1.807) is 0 Å². The van der Waals surface area contributed by atoms with E-state index in [0.717, 1.165) is 36.1 Å². The number of hydrogen-bond donors (Lipinski definition) is 1. The lowest BCUT2D eigenvalue weighted by Gasteiger charge is -2.18. The summed E-state index contributed by atoms with van der Waals surface area (Å²) in [5, 5.41) is 3.65. The van der Waals surface area contributed by atoms with Gasteiger partial charge in [0.15, 0.2) is 0 Å². The predicted octanol–water partition coefficient (Wildman–Crippen LogP) is 3.52. The van der Waals surface area contributed by atoms with Crippen LogP contribution < -0.4 is 5.32 Å². The average molecular weight is 228 g/mol. The van der Waals surface area contributed by atoms with Gasteiger partial charge in [-0.3, -0.25) is 0 Å². The molecule has 1 fully saturated rings. The SMILES string of the molecule is Cc1cc(F)c(Cl)c(C2CCCN2)c1C. The van der Waals surface area contributed by atoms with Crippen LogP contribution in [-0.4, -0.2) is 6.54 Å². The third-order valence-corrected chi connectivity index (χ3v) is 3.58. The molecule has 1 aliphatic heterocycles. The Balaban J connectivity index is 2.52. The molecule has 0 aliphatic carbocycles. The molecule has 0 amide bonds. The zero-order chi connectivity index (χ0) is 11.0. The van der Waals surface area contributed by atoms with Gasteiger partial charge < -0.3 is 5.32 Å². The molecule has 1 unspecified atom stereocenters. The van der Waals surface area contributed by atoms with Gasteiger partial charge in [0.25, 0.3) is 0 Å². The van der Waals surface area contributed by atoms with Crippen LogP contribution in [-0.2, 0) is 0 Å². The Morgan fingerprint density at radius 1 is 1.47 bits per heavy atom. The van der Waals surface area contributed by atoms with E-state index in [-0.39, 0.29) is 16.9 Å². The van der Waals surface area contributed by atoms with E-state index < -0.39 is 0 Å². The maximum Gasteiger partial charge on any atom is 0.142 e. The summed E-state index contributed by atoms with van der Waals surface area (Å²) in [5.74, 6) is -0.302. The molecule has 1 aromatic carbocycles. The van der Waals surface area contributed by atoms with E-state index >= 15 is 0 Å². The molecule has 15 heavy (non-hydrogen) atoms. The summed E-state index contributed by atoms with van der Waals surface area (Å²) >= 11 is 6.04. The van der Waals surface area contributed by atoms with Crippen LogP contribution >= 0.6 is 11.6 Å². The van der Waals surface area contributed by atoms with Gasteiger partial charge in [-0.25, -0.2) is 4.39 Å². The van der Waals surface area contributed by atoms with Crippen LogP contribution in [0, 0.1) is 19.7 Å². The van der Waals surface area contributed by atoms with Gasteiger partial charge in [0.2, 0.25) is 0 Å².